The van der Waals surface area contributed by atoms with Gasteiger partial charge in [0.05, 0.1) is 0 Å². The van der Waals surface area contributed by atoms with Gasteiger partial charge in [0.1, 0.15) is 5.82 Å². The molecule has 0 N–H and O–H groups in total. The molecule has 1 aliphatic rings. The maximum absolute atomic E-state index is 12.8. The summed E-state index contributed by atoms with van der Waals surface area (Å²) in [5.41, 5.74) is 0.613. The fraction of sp³-hybridized carbons (Fsp3) is 0.562. The van der Waals surface area contributed by atoms with Crippen LogP contribution in [0, 0.1) is 5.82 Å². The standard InChI is InChI=1S/C16H23FN2O/c1-18-9-3-11-19(13-12-18)10-2-4-16(20)14-5-7-15(17)8-6-14/h5-8H,2-4,9-13H2,1H3. The minimum Gasteiger partial charge on any atom is -0.305 e. The molecule has 1 saturated heterocycles. The van der Waals surface area contributed by atoms with E-state index in [0.717, 1.165) is 39.1 Å². The summed E-state index contributed by atoms with van der Waals surface area (Å²) >= 11 is 0. The lowest BCUT2D eigenvalue weighted by Gasteiger charge is -2.19. The van der Waals surface area contributed by atoms with Gasteiger partial charge in [0.25, 0.3) is 0 Å². The molecule has 0 amide bonds. The normalized spacial score (nSPS) is 17.9. The maximum atomic E-state index is 12.8. The van der Waals surface area contributed by atoms with Crippen LogP contribution in [0.2, 0.25) is 0 Å². The van der Waals surface area contributed by atoms with E-state index in [-0.39, 0.29) is 11.6 Å². The number of halogens is 1. The van der Waals surface area contributed by atoms with E-state index in [1.54, 1.807) is 12.1 Å². The summed E-state index contributed by atoms with van der Waals surface area (Å²) in [6.45, 7) is 5.44. The molecule has 0 saturated carbocycles. The van der Waals surface area contributed by atoms with Crippen molar-refractivity contribution in [3.05, 3.63) is 35.6 Å². The van der Waals surface area contributed by atoms with E-state index >= 15 is 0 Å². The van der Waals surface area contributed by atoms with Gasteiger partial charge in [-0.1, -0.05) is 0 Å². The number of carbonyl (C=O) groups is 1. The van der Waals surface area contributed by atoms with Gasteiger partial charge >= 0.3 is 0 Å². The van der Waals surface area contributed by atoms with E-state index in [0.29, 0.717) is 12.0 Å². The molecule has 1 aromatic rings. The number of benzene rings is 1. The molecule has 0 spiro atoms. The van der Waals surface area contributed by atoms with Crippen LogP contribution in [0.5, 0.6) is 0 Å². The fourth-order valence-corrected chi connectivity index (χ4v) is 2.57. The second-order valence-corrected chi connectivity index (χ2v) is 5.53. The Morgan fingerprint density at radius 3 is 2.65 bits per heavy atom. The van der Waals surface area contributed by atoms with Crippen LogP contribution < -0.4 is 0 Å². The molecule has 2 rings (SSSR count). The Hall–Kier alpha value is -1.26. The molecule has 4 heteroatoms. The van der Waals surface area contributed by atoms with Crippen molar-refractivity contribution in [3.8, 4) is 0 Å². The Morgan fingerprint density at radius 1 is 1.15 bits per heavy atom. The van der Waals surface area contributed by atoms with E-state index in [1.165, 1.54) is 18.6 Å². The zero-order valence-electron chi connectivity index (χ0n) is 12.1. The lowest BCUT2D eigenvalue weighted by molar-refractivity contribution is 0.0975. The zero-order chi connectivity index (χ0) is 14.4. The van der Waals surface area contributed by atoms with E-state index in [4.69, 9.17) is 0 Å². The average molecular weight is 278 g/mol. The van der Waals surface area contributed by atoms with Gasteiger partial charge in [-0.05, 0) is 63.8 Å². The highest BCUT2D eigenvalue weighted by atomic mass is 19.1. The summed E-state index contributed by atoms with van der Waals surface area (Å²) in [6.07, 6.45) is 2.61. The number of Topliss-reactive ketones (excluding diaryl/α,β-unsaturated/α-hetero) is 1. The summed E-state index contributed by atoms with van der Waals surface area (Å²) < 4.78 is 12.8. The number of hydrogen-bond donors (Lipinski definition) is 0. The molecular formula is C16H23FN2O. The van der Waals surface area contributed by atoms with Crippen LogP contribution in [-0.4, -0.2) is 55.4 Å². The molecule has 0 radical (unpaired) electrons. The summed E-state index contributed by atoms with van der Waals surface area (Å²) in [5.74, 6) is -0.188. The SMILES string of the molecule is CN1CCCN(CCCC(=O)c2ccc(F)cc2)CC1. The van der Waals surface area contributed by atoms with Gasteiger partial charge in [0.2, 0.25) is 0 Å². The quantitative estimate of drug-likeness (QED) is 0.773. The molecule has 1 aromatic carbocycles. The minimum atomic E-state index is -0.296. The Balaban J connectivity index is 1.72. The number of likely N-dealkylation sites (N-methyl/N-ethyl adjacent to an activating group) is 1. The minimum absolute atomic E-state index is 0.108. The van der Waals surface area contributed by atoms with Crippen LogP contribution in [0.3, 0.4) is 0 Å². The molecule has 1 aliphatic heterocycles. The van der Waals surface area contributed by atoms with E-state index in [1.807, 2.05) is 0 Å². The van der Waals surface area contributed by atoms with Crippen LogP contribution in [0.25, 0.3) is 0 Å². The monoisotopic (exact) mass is 278 g/mol. The van der Waals surface area contributed by atoms with Gasteiger partial charge in [-0.2, -0.15) is 0 Å². The highest BCUT2D eigenvalue weighted by Crippen LogP contribution is 2.09. The van der Waals surface area contributed by atoms with E-state index in [2.05, 4.69) is 16.8 Å². The molecule has 0 aromatic heterocycles. The largest absolute Gasteiger partial charge is 0.305 e. The first-order valence-electron chi connectivity index (χ1n) is 7.35. The second kappa shape index (κ2) is 7.50. The number of nitrogens with zero attached hydrogens (tertiary/aromatic N) is 2. The Morgan fingerprint density at radius 2 is 1.90 bits per heavy atom. The maximum Gasteiger partial charge on any atom is 0.162 e. The summed E-state index contributed by atoms with van der Waals surface area (Å²) in [5, 5.41) is 0. The van der Waals surface area contributed by atoms with Crippen LogP contribution in [0.4, 0.5) is 4.39 Å². The van der Waals surface area contributed by atoms with Gasteiger partial charge in [-0.25, -0.2) is 4.39 Å². The lowest BCUT2D eigenvalue weighted by atomic mass is 10.1. The molecule has 110 valence electrons. The highest BCUT2D eigenvalue weighted by Gasteiger charge is 2.12. The van der Waals surface area contributed by atoms with Crippen molar-refractivity contribution in [1.82, 2.24) is 9.80 Å². The van der Waals surface area contributed by atoms with Crippen molar-refractivity contribution >= 4 is 5.78 Å². The van der Waals surface area contributed by atoms with Gasteiger partial charge in [-0.15, -0.1) is 0 Å². The van der Waals surface area contributed by atoms with E-state index in [9.17, 15) is 9.18 Å². The van der Waals surface area contributed by atoms with Crippen LogP contribution in [0.1, 0.15) is 29.6 Å². The van der Waals surface area contributed by atoms with Gasteiger partial charge in [0.15, 0.2) is 5.78 Å². The van der Waals surface area contributed by atoms with Crippen LogP contribution in [0.15, 0.2) is 24.3 Å². The van der Waals surface area contributed by atoms with Crippen LogP contribution >= 0.6 is 0 Å². The molecule has 1 heterocycles. The summed E-state index contributed by atoms with van der Waals surface area (Å²) in [6, 6.07) is 5.83. The Bertz CT molecular complexity index is 433. The summed E-state index contributed by atoms with van der Waals surface area (Å²) in [4.78, 5) is 16.8. The third-order valence-electron chi connectivity index (χ3n) is 3.86. The van der Waals surface area contributed by atoms with Crippen molar-refractivity contribution < 1.29 is 9.18 Å². The second-order valence-electron chi connectivity index (χ2n) is 5.53. The Labute approximate surface area is 120 Å². The average Bonchev–Trinajstić information content (AvgIpc) is 2.64. The molecule has 0 aliphatic carbocycles. The molecule has 20 heavy (non-hydrogen) atoms. The first-order valence-corrected chi connectivity index (χ1v) is 7.35. The van der Waals surface area contributed by atoms with Gasteiger partial charge in [-0.3, -0.25) is 4.79 Å². The molecule has 0 atom stereocenters. The lowest BCUT2D eigenvalue weighted by Crippen LogP contribution is -2.30. The predicted octanol–water partition coefficient (Wildman–Crippen LogP) is 2.43. The first kappa shape index (κ1) is 15.1. The topological polar surface area (TPSA) is 23.6 Å². The molecular weight excluding hydrogens is 255 g/mol. The smallest absolute Gasteiger partial charge is 0.162 e. The van der Waals surface area contributed by atoms with Crippen molar-refractivity contribution in [2.45, 2.75) is 19.3 Å². The van der Waals surface area contributed by atoms with Crippen molar-refractivity contribution in [2.24, 2.45) is 0 Å². The third-order valence-corrected chi connectivity index (χ3v) is 3.86. The molecule has 0 unspecified atom stereocenters. The van der Waals surface area contributed by atoms with Gasteiger partial charge in [0, 0.05) is 25.1 Å². The first-order chi connectivity index (χ1) is 9.65. The molecule has 0 bridgehead atoms. The molecule has 3 nitrogen and oxygen atoms in total. The van der Waals surface area contributed by atoms with Crippen molar-refractivity contribution in [3.63, 3.8) is 0 Å². The predicted molar refractivity (Wildman–Crippen MR) is 78.5 cm³/mol. The summed E-state index contributed by atoms with van der Waals surface area (Å²) in [7, 11) is 2.15. The zero-order valence-corrected chi connectivity index (χ0v) is 12.1. The third kappa shape index (κ3) is 4.69. The Kier molecular flexibility index (Phi) is 5.68. The fourth-order valence-electron chi connectivity index (χ4n) is 2.57. The number of carbonyl (C=O) groups excluding carboxylic acids is 1. The number of ketones is 1. The highest BCUT2D eigenvalue weighted by molar-refractivity contribution is 5.95. The van der Waals surface area contributed by atoms with Gasteiger partial charge < -0.3 is 9.80 Å². The van der Waals surface area contributed by atoms with Crippen molar-refractivity contribution in [1.29, 1.82) is 0 Å². The van der Waals surface area contributed by atoms with Crippen molar-refractivity contribution in [2.75, 3.05) is 39.8 Å². The van der Waals surface area contributed by atoms with Crippen LogP contribution in [-0.2, 0) is 0 Å². The van der Waals surface area contributed by atoms with E-state index < -0.39 is 0 Å². The molecule has 1 fully saturated rings. The number of rotatable bonds is 5. The number of hydrogen-bond acceptors (Lipinski definition) is 3.